The largest absolute Gasteiger partial charge is 0.290 e. The molecule has 63 valence electrons. The standard InChI is InChI=1S/C6H4F2N3S/c1-11-5(12-6(7)8)4(2-9)3-10-11/h6H,1H3. The van der Waals surface area contributed by atoms with Crippen LogP contribution in [0.4, 0.5) is 8.78 Å². The molecule has 1 aromatic heterocycles. The minimum absolute atomic E-state index is 0.0581. The lowest BCUT2D eigenvalue weighted by molar-refractivity contribution is 0.251. The van der Waals surface area contributed by atoms with E-state index in [9.17, 15) is 8.78 Å². The van der Waals surface area contributed by atoms with Gasteiger partial charge in [-0.15, -0.1) is 0 Å². The minimum Gasteiger partial charge on any atom is -0.260 e. The van der Waals surface area contributed by atoms with Crippen LogP contribution in [0.2, 0.25) is 0 Å². The highest BCUT2D eigenvalue weighted by molar-refractivity contribution is 7.99. The van der Waals surface area contributed by atoms with Gasteiger partial charge < -0.3 is 0 Å². The molecule has 0 saturated heterocycles. The Balaban J connectivity index is 2.96. The van der Waals surface area contributed by atoms with Crippen LogP contribution in [0.3, 0.4) is 0 Å². The Labute approximate surface area is 72.0 Å². The number of nitriles is 1. The number of alkyl halides is 2. The molecule has 1 heterocycles. The summed E-state index contributed by atoms with van der Waals surface area (Å²) in [4.78, 5) is 0. The van der Waals surface area contributed by atoms with Crippen LogP contribution in [0.5, 0.6) is 0 Å². The van der Waals surface area contributed by atoms with Crippen LogP contribution in [0, 0.1) is 17.5 Å². The Morgan fingerprint density at radius 3 is 2.92 bits per heavy atom. The Hall–Kier alpha value is -1.09. The van der Waals surface area contributed by atoms with Gasteiger partial charge in [0.15, 0.2) is 0 Å². The van der Waals surface area contributed by atoms with Crippen molar-refractivity contribution in [1.82, 2.24) is 9.78 Å². The van der Waals surface area contributed by atoms with E-state index in [1.165, 1.54) is 11.7 Å². The van der Waals surface area contributed by atoms with Crippen LogP contribution in [-0.4, -0.2) is 15.5 Å². The molecule has 0 spiro atoms. The lowest BCUT2D eigenvalue weighted by Crippen LogP contribution is -1.95. The Morgan fingerprint density at radius 2 is 2.42 bits per heavy atom. The fourth-order valence-corrected chi connectivity index (χ4v) is 1.24. The summed E-state index contributed by atoms with van der Waals surface area (Å²) in [6.45, 7) is 0. The molecular formula is C6H4F2N3S. The van der Waals surface area contributed by atoms with Crippen molar-refractivity contribution in [2.75, 3.05) is 0 Å². The number of aryl methyl sites for hydroxylation is 1. The van der Waals surface area contributed by atoms with Crippen molar-refractivity contribution in [3.8, 4) is 6.07 Å². The Kier molecular flexibility index (Phi) is 2.65. The van der Waals surface area contributed by atoms with Crippen molar-refractivity contribution in [3.63, 3.8) is 0 Å². The zero-order valence-electron chi connectivity index (χ0n) is 6.08. The first kappa shape index (κ1) is 9.00. The highest BCUT2D eigenvalue weighted by Crippen LogP contribution is 2.26. The van der Waals surface area contributed by atoms with Gasteiger partial charge in [0.25, 0.3) is 5.76 Å². The molecule has 0 amide bonds. The van der Waals surface area contributed by atoms with E-state index in [4.69, 9.17) is 5.26 Å². The molecule has 0 aliphatic rings. The van der Waals surface area contributed by atoms with Crippen LogP contribution in [0.15, 0.2) is 5.03 Å². The maximum Gasteiger partial charge on any atom is 0.290 e. The highest BCUT2D eigenvalue weighted by atomic mass is 32.2. The summed E-state index contributed by atoms with van der Waals surface area (Å²) >= 11 is 0.296. The van der Waals surface area contributed by atoms with Crippen LogP contribution in [0.25, 0.3) is 0 Å². The van der Waals surface area contributed by atoms with E-state index in [0.717, 1.165) is 0 Å². The van der Waals surface area contributed by atoms with Gasteiger partial charge in [-0.2, -0.15) is 19.1 Å². The monoisotopic (exact) mass is 188 g/mol. The lowest BCUT2D eigenvalue weighted by atomic mass is 10.4. The van der Waals surface area contributed by atoms with E-state index >= 15 is 0 Å². The van der Waals surface area contributed by atoms with Gasteiger partial charge in [-0.3, -0.25) is 4.68 Å². The number of thioether (sulfide) groups is 1. The molecule has 0 fully saturated rings. The first-order valence-electron chi connectivity index (χ1n) is 2.94. The summed E-state index contributed by atoms with van der Waals surface area (Å²) in [5, 5.41) is 12.2. The van der Waals surface area contributed by atoms with Crippen molar-refractivity contribution in [2.45, 2.75) is 10.8 Å². The summed E-state index contributed by atoms with van der Waals surface area (Å²) in [7, 11) is 1.49. The van der Waals surface area contributed by atoms with Crippen molar-refractivity contribution < 1.29 is 8.78 Å². The molecule has 1 radical (unpaired) electrons. The molecule has 0 bridgehead atoms. The molecule has 3 nitrogen and oxygen atoms in total. The van der Waals surface area contributed by atoms with Crippen LogP contribution >= 0.6 is 11.8 Å². The molecule has 1 aromatic rings. The maximum atomic E-state index is 11.9. The third-order valence-electron chi connectivity index (χ3n) is 1.13. The van der Waals surface area contributed by atoms with Crippen molar-refractivity contribution in [1.29, 1.82) is 5.26 Å². The van der Waals surface area contributed by atoms with Gasteiger partial charge in [-0.05, 0) is 11.8 Å². The second-order valence-corrected chi connectivity index (χ2v) is 2.88. The average molecular weight is 188 g/mol. The Bertz CT molecular complexity index is 315. The van der Waals surface area contributed by atoms with Crippen molar-refractivity contribution in [3.05, 3.63) is 11.8 Å². The molecule has 0 unspecified atom stereocenters. The van der Waals surface area contributed by atoms with E-state index in [0.29, 0.717) is 11.8 Å². The van der Waals surface area contributed by atoms with Gasteiger partial charge in [0.05, 0.1) is 0 Å². The van der Waals surface area contributed by atoms with Gasteiger partial charge in [0, 0.05) is 7.05 Å². The first-order valence-corrected chi connectivity index (χ1v) is 3.82. The number of aromatic nitrogens is 2. The van der Waals surface area contributed by atoms with Gasteiger partial charge >= 0.3 is 0 Å². The Morgan fingerprint density at radius 1 is 1.75 bits per heavy atom. The number of rotatable bonds is 2. The van der Waals surface area contributed by atoms with Gasteiger partial charge in [0.1, 0.15) is 22.9 Å². The highest BCUT2D eigenvalue weighted by Gasteiger charge is 2.14. The molecule has 1 rings (SSSR count). The molecule has 12 heavy (non-hydrogen) atoms. The number of halogens is 2. The molecular weight excluding hydrogens is 184 g/mol. The SMILES string of the molecule is Cn1n[c]c(C#N)c1SC(F)F. The second kappa shape index (κ2) is 3.54. The van der Waals surface area contributed by atoms with Gasteiger partial charge in [-0.1, -0.05) is 0 Å². The summed E-state index contributed by atoms with van der Waals surface area (Å²) in [6, 6.07) is 1.73. The molecule has 0 aromatic carbocycles. The fourth-order valence-electron chi connectivity index (χ4n) is 0.672. The first-order chi connectivity index (χ1) is 5.65. The number of hydrogen-bond donors (Lipinski definition) is 0. The fraction of sp³-hybridized carbons (Fsp3) is 0.333. The molecule has 0 atom stereocenters. The molecule has 0 aliphatic carbocycles. The van der Waals surface area contributed by atoms with Crippen molar-refractivity contribution >= 4 is 11.8 Å². The number of hydrogen-bond acceptors (Lipinski definition) is 3. The van der Waals surface area contributed by atoms with E-state index < -0.39 is 5.76 Å². The van der Waals surface area contributed by atoms with E-state index in [2.05, 4.69) is 11.3 Å². The number of nitrogens with zero attached hydrogens (tertiary/aromatic N) is 3. The summed E-state index contributed by atoms with van der Waals surface area (Å²) < 4.78 is 25.0. The van der Waals surface area contributed by atoms with Crippen LogP contribution < -0.4 is 0 Å². The van der Waals surface area contributed by atoms with E-state index in [-0.39, 0.29) is 10.6 Å². The quantitative estimate of drug-likeness (QED) is 0.659. The lowest BCUT2D eigenvalue weighted by Gasteiger charge is -1.99. The third-order valence-corrected chi connectivity index (χ3v) is 2.00. The van der Waals surface area contributed by atoms with E-state index in [1.807, 2.05) is 0 Å². The van der Waals surface area contributed by atoms with E-state index in [1.54, 1.807) is 6.07 Å². The van der Waals surface area contributed by atoms with Crippen LogP contribution in [-0.2, 0) is 7.05 Å². The summed E-state index contributed by atoms with van der Waals surface area (Å²) in [5.74, 6) is -2.54. The molecule has 0 aliphatic heterocycles. The molecule has 6 heteroatoms. The normalized spacial score (nSPS) is 10.2. The second-order valence-electron chi connectivity index (χ2n) is 1.91. The van der Waals surface area contributed by atoms with Gasteiger partial charge in [-0.25, -0.2) is 0 Å². The van der Waals surface area contributed by atoms with Crippen LogP contribution in [0.1, 0.15) is 5.56 Å². The molecule has 0 N–H and O–H groups in total. The predicted molar refractivity (Wildman–Crippen MR) is 38.6 cm³/mol. The maximum absolute atomic E-state index is 11.9. The zero-order valence-corrected chi connectivity index (χ0v) is 6.90. The predicted octanol–water partition coefficient (Wildman–Crippen LogP) is 1.41. The third kappa shape index (κ3) is 1.74. The van der Waals surface area contributed by atoms with Gasteiger partial charge in [0.2, 0.25) is 0 Å². The summed E-state index contributed by atoms with van der Waals surface area (Å²) in [6.07, 6.45) is 2.33. The molecule has 0 saturated carbocycles. The smallest absolute Gasteiger partial charge is 0.260 e. The topological polar surface area (TPSA) is 41.6 Å². The zero-order chi connectivity index (χ0) is 9.14. The van der Waals surface area contributed by atoms with Crippen molar-refractivity contribution in [2.24, 2.45) is 7.05 Å². The minimum atomic E-state index is -2.54. The summed E-state index contributed by atoms with van der Waals surface area (Å²) in [5.41, 5.74) is 0.0581. The average Bonchev–Trinajstić information content (AvgIpc) is 2.32.